The summed E-state index contributed by atoms with van der Waals surface area (Å²) in [5.41, 5.74) is 1.45. The molecule has 2 heteroatoms. The van der Waals surface area contributed by atoms with Crippen LogP contribution in [-0.2, 0) is 0 Å². The Balaban J connectivity index is 1.86. The van der Waals surface area contributed by atoms with E-state index in [-0.39, 0.29) is 0 Å². The molecule has 18 heavy (non-hydrogen) atoms. The Morgan fingerprint density at radius 2 is 1.94 bits per heavy atom. The molecule has 1 heterocycles. The molecule has 0 bridgehead atoms. The van der Waals surface area contributed by atoms with E-state index in [0.29, 0.717) is 6.04 Å². The standard InChI is InChI=1S/C16H25NS/c1-2-6-16(15-7-4-3-5-8-15)17-13-14-9-11-18-12-10-14/h3-5,7-8,14,16-17H,2,6,9-13H2,1H3. The van der Waals surface area contributed by atoms with Crippen molar-refractivity contribution in [2.45, 2.75) is 38.6 Å². The maximum absolute atomic E-state index is 3.80. The Bertz CT molecular complexity index is 319. The van der Waals surface area contributed by atoms with Gasteiger partial charge in [-0.3, -0.25) is 0 Å². The highest BCUT2D eigenvalue weighted by Gasteiger charge is 2.16. The lowest BCUT2D eigenvalue weighted by molar-refractivity contribution is 0.397. The summed E-state index contributed by atoms with van der Waals surface area (Å²) < 4.78 is 0. The summed E-state index contributed by atoms with van der Waals surface area (Å²) in [5, 5.41) is 3.80. The second-order valence-corrected chi connectivity index (χ2v) is 6.44. The molecule has 1 aromatic carbocycles. The molecule has 1 fully saturated rings. The van der Waals surface area contributed by atoms with Crippen molar-refractivity contribution in [3.05, 3.63) is 35.9 Å². The molecule has 0 radical (unpaired) electrons. The normalized spacial score (nSPS) is 18.7. The predicted molar refractivity (Wildman–Crippen MR) is 82.1 cm³/mol. The van der Waals surface area contributed by atoms with E-state index in [9.17, 15) is 0 Å². The van der Waals surface area contributed by atoms with E-state index < -0.39 is 0 Å². The minimum absolute atomic E-state index is 0.547. The van der Waals surface area contributed by atoms with Crippen molar-refractivity contribution in [1.29, 1.82) is 0 Å². The number of hydrogen-bond acceptors (Lipinski definition) is 2. The molecule has 1 aromatic rings. The molecule has 100 valence electrons. The Morgan fingerprint density at radius 1 is 1.22 bits per heavy atom. The molecule has 1 aliphatic rings. The fourth-order valence-electron chi connectivity index (χ4n) is 2.62. The monoisotopic (exact) mass is 263 g/mol. The van der Waals surface area contributed by atoms with Crippen LogP contribution in [0.15, 0.2) is 30.3 Å². The van der Waals surface area contributed by atoms with Crippen LogP contribution < -0.4 is 5.32 Å². The van der Waals surface area contributed by atoms with Gasteiger partial charge in [0.1, 0.15) is 0 Å². The van der Waals surface area contributed by atoms with Crippen LogP contribution in [0.1, 0.15) is 44.2 Å². The summed E-state index contributed by atoms with van der Waals surface area (Å²) in [7, 11) is 0. The lowest BCUT2D eigenvalue weighted by atomic mass is 9.99. The largest absolute Gasteiger partial charge is 0.310 e. The van der Waals surface area contributed by atoms with Gasteiger partial charge in [0, 0.05) is 6.04 Å². The van der Waals surface area contributed by atoms with Gasteiger partial charge in [0.05, 0.1) is 0 Å². The summed E-state index contributed by atoms with van der Waals surface area (Å²) in [6.45, 7) is 3.47. The van der Waals surface area contributed by atoms with Crippen molar-refractivity contribution in [1.82, 2.24) is 5.32 Å². The zero-order chi connectivity index (χ0) is 12.6. The first-order chi connectivity index (χ1) is 8.90. The molecule has 1 aliphatic heterocycles. The SMILES string of the molecule is CCCC(NCC1CCSCC1)c1ccccc1. The van der Waals surface area contributed by atoms with Crippen molar-refractivity contribution in [2.75, 3.05) is 18.1 Å². The van der Waals surface area contributed by atoms with Gasteiger partial charge in [-0.25, -0.2) is 0 Å². The van der Waals surface area contributed by atoms with E-state index >= 15 is 0 Å². The van der Waals surface area contributed by atoms with Crippen molar-refractivity contribution < 1.29 is 0 Å². The lowest BCUT2D eigenvalue weighted by Crippen LogP contribution is -2.29. The Labute approximate surface area is 116 Å². The molecular weight excluding hydrogens is 238 g/mol. The molecule has 0 amide bonds. The zero-order valence-electron chi connectivity index (χ0n) is 11.4. The molecule has 0 spiro atoms. The molecule has 1 N–H and O–H groups in total. The minimum atomic E-state index is 0.547. The molecule has 2 rings (SSSR count). The van der Waals surface area contributed by atoms with Gasteiger partial charge in [0.25, 0.3) is 0 Å². The third kappa shape index (κ3) is 4.33. The summed E-state index contributed by atoms with van der Waals surface area (Å²) in [4.78, 5) is 0. The number of rotatable bonds is 6. The van der Waals surface area contributed by atoms with Gasteiger partial charge < -0.3 is 5.32 Å². The molecular formula is C16H25NS. The first-order valence-corrected chi connectivity index (χ1v) is 8.41. The summed E-state index contributed by atoms with van der Waals surface area (Å²) in [6, 6.07) is 11.5. The molecule has 0 aromatic heterocycles. The molecule has 0 aliphatic carbocycles. The van der Waals surface area contributed by atoms with Gasteiger partial charge in [-0.05, 0) is 48.8 Å². The highest BCUT2D eigenvalue weighted by molar-refractivity contribution is 7.99. The van der Waals surface area contributed by atoms with Gasteiger partial charge in [0.2, 0.25) is 0 Å². The lowest BCUT2D eigenvalue weighted by Gasteiger charge is -2.25. The van der Waals surface area contributed by atoms with Gasteiger partial charge in [-0.2, -0.15) is 11.8 Å². The van der Waals surface area contributed by atoms with Crippen LogP contribution in [-0.4, -0.2) is 18.1 Å². The maximum Gasteiger partial charge on any atom is 0.0320 e. The van der Waals surface area contributed by atoms with Crippen LogP contribution in [0.5, 0.6) is 0 Å². The summed E-state index contributed by atoms with van der Waals surface area (Å²) in [5.74, 6) is 3.61. The third-order valence-electron chi connectivity index (χ3n) is 3.77. The maximum atomic E-state index is 3.80. The fraction of sp³-hybridized carbons (Fsp3) is 0.625. The van der Waals surface area contributed by atoms with E-state index in [1.54, 1.807) is 0 Å². The van der Waals surface area contributed by atoms with Crippen molar-refractivity contribution >= 4 is 11.8 Å². The Kier molecular flexibility index (Phi) is 6.09. The van der Waals surface area contributed by atoms with Crippen molar-refractivity contribution in [3.63, 3.8) is 0 Å². The number of hydrogen-bond donors (Lipinski definition) is 1. The van der Waals surface area contributed by atoms with Crippen LogP contribution >= 0.6 is 11.8 Å². The second kappa shape index (κ2) is 7.85. The summed E-state index contributed by atoms with van der Waals surface area (Å²) >= 11 is 2.11. The molecule has 1 nitrogen and oxygen atoms in total. The number of thioether (sulfide) groups is 1. The van der Waals surface area contributed by atoms with E-state index in [1.165, 1.54) is 49.3 Å². The van der Waals surface area contributed by atoms with Gasteiger partial charge in [-0.1, -0.05) is 43.7 Å². The van der Waals surface area contributed by atoms with Crippen molar-refractivity contribution in [2.24, 2.45) is 5.92 Å². The fourth-order valence-corrected chi connectivity index (χ4v) is 3.82. The second-order valence-electron chi connectivity index (χ2n) is 5.22. The predicted octanol–water partition coefficient (Wildman–Crippen LogP) is 4.26. The third-order valence-corrected chi connectivity index (χ3v) is 4.82. The summed E-state index contributed by atoms with van der Waals surface area (Å²) in [6.07, 6.45) is 5.27. The van der Waals surface area contributed by atoms with Gasteiger partial charge >= 0.3 is 0 Å². The van der Waals surface area contributed by atoms with Gasteiger partial charge in [-0.15, -0.1) is 0 Å². The minimum Gasteiger partial charge on any atom is -0.310 e. The average Bonchev–Trinajstić information content (AvgIpc) is 2.45. The van der Waals surface area contributed by atoms with Crippen LogP contribution in [0, 0.1) is 5.92 Å². The van der Waals surface area contributed by atoms with Crippen molar-refractivity contribution in [3.8, 4) is 0 Å². The first-order valence-electron chi connectivity index (χ1n) is 7.26. The number of nitrogens with one attached hydrogen (secondary N) is 1. The van der Waals surface area contributed by atoms with E-state index in [0.717, 1.165) is 5.92 Å². The molecule has 1 unspecified atom stereocenters. The van der Waals surface area contributed by atoms with Crippen LogP contribution in [0.3, 0.4) is 0 Å². The van der Waals surface area contributed by atoms with E-state index in [2.05, 4.69) is 54.3 Å². The van der Waals surface area contributed by atoms with Crippen LogP contribution in [0.2, 0.25) is 0 Å². The van der Waals surface area contributed by atoms with Gasteiger partial charge in [0.15, 0.2) is 0 Å². The van der Waals surface area contributed by atoms with Crippen LogP contribution in [0.4, 0.5) is 0 Å². The Hall–Kier alpha value is -0.470. The quantitative estimate of drug-likeness (QED) is 0.823. The zero-order valence-corrected chi connectivity index (χ0v) is 12.2. The highest BCUT2D eigenvalue weighted by Crippen LogP contribution is 2.24. The topological polar surface area (TPSA) is 12.0 Å². The van der Waals surface area contributed by atoms with Crippen LogP contribution in [0.25, 0.3) is 0 Å². The highest BCUT2D eigenvalue weighted by atomic mass is 32.2. The van der Waals surface area contributed by atoms with E-state index in [4.69, 9.17) is 0 Å². The Morgan fingerprint density at radius 3 is 2.61 bits per heavy atom. The molecule has 0 saturated carbocycles. The average molecular weight is 263 g/mol. The molecule has 1 atom stereocenters. The smallest absolute Gasteiger partial charge is 0.0320 e. The number of benzene rings is 1. The van der Waals surface area contributed by atoms with E-state index in [1.807, 2.05) is 0 Å². The first kappa shape index (κ1) is 14.0. The molecule has 1 saturated heterocycles.